The van der Waals surface area contributed by atoms with Crippen LogP contribution in [0.15, 0.2) is 49.1 Å². The van der Waals surface area contributed by atoms with E-state index in [1.807, 2.05) is 0 Å². The van der Waals surface area contributed by atoms with Gasteiger partial charge in [-0.2, -0.15) is 0 Å². The van der Waals surface area contributed by atoms with E-state index in [-0.39, 0.29) is 29.2 Å². The summed E-state index contributed by atoms with van der Waals surface area (Å²) in [7, 11) is 0. The summed E-state index contributed by atoms with van der Waals surface area (Å²) in [5.41, 5.74) is 0.231. The van der Waals surface area contributed by atoms with Crippen molar-refractivity contribution < 1.29 is 18.3 Å². The van der Waals surface area contributed by atoms with Gasteiger partial charge in [-0.15, -0.1) is 0 Å². The predicted molar refractivity (Wildman–Crippen MR) is 95.3 cm³/mol. The lowest BCUT2D eigenvalue weighted by Gasteiger charge is -2.09. The number of hydrogen-bond acceptors (Lipinski definition) is 5. The molecule has 0 spiro atoms. The summed E-state index contributed by atoms with van der Waals surface area (Å²) in [6, 6.07) is 7.00. The molecule has 1 aromatic carbocycles. The van der Waals surface area contributed by atoms with Crippen molar-refractivity contribution in [2.75, 3.05) is 0 Å². The fourth-order valence-corrected chi connectivity index (χ4v) is 2.63. The van der Waals surface area contributed by atoms with Crippen LogP contribution in [-0.4, -0.2) is 20.7 Å². The second-order valence-corrected chi connectivity index (χ2v) is 6.17. The minimum absolute atomic E-state index is 0.131. The summed E-state index contributed by atoms with van der Waals surface area (Å²) in [6.45, 7) is 1.19. The van der Waals surface area contributed by atoms with Gasteiger partial charge in [-0.1, -0.05) is 11.6 Å². The zero-order valence-corrected chi connectivity index (χ0v) is 15.0. The van der Waals surface area contributed by atoms with Crippen molar-refractivity contribution in [1.29, 1.82) is 0 Å². The molecule has 0 fully saturated rings. The molecule has 0 N–H and O–H groups in total. The van der Waals surface area contributed by atoms with Crippen LogP contribution in [0.4, 0.5) is 8.78 Å². The van der Waals surface area contributed by atoms with Crippen LogP contribution in [0.5, 0.6) is 11.5 Å². The van der Waals surface area contributed by atoms with Crippen LogP contribution < -0.4 is 4.74 Å². The Labute approximate surface area is 159 Å². The summed E-state index contributed by atoms with van der Waals surface area (Å²) in [4.78, 5) is 24.2. The highest BCUT2D eigenvalue weighted by molar-refractivity contribution is 6.31. The Morgan fingerprint density at radius 3 is 2.63 bits per heavy atom. The first-order valence-corrected chi connectivity index (χ1v) is 8.36. The van der Waals surface area contributed by atoms with Crippen molar-refractivity contribution in [3.05, 3.63) is 76.8 Å². The largest absolute Gasteiger partial charge is 0.454 e. The number of rotatable bonds is 6. The number of nitrogens with zero attached hydrogens (tertiary/aromatic N) is 3. The molecular weight excluding hydrogens is 376 g/mol. The maximum absolute atomic E-state index is 13.6. The van der Waals surface area contributed by atoms with Crippen LogP contribution >= 0.6 is 11.6 Å². The zero-order valence-electron chi connectivity index (χ0n) is 14.2. The first-order chi connectivity index (χ1) is 12.9. The lowest BCUT2D eigenvalue weighted by atomic mass is 10.1. The lowest BCUT2D eigenvalue weighted by molar-refractivity contribution is 0.0991. The number of benzene rings is 1. The van der Waals surface area contributed by atoms with Gasteiger partial charge in [-0.05, 0) is 37.3 Å². The molecule has 0 radical (unpaired) electrons. The van der Waals surface area contributed by atoms with E-state index >= 15 is 0 Å². The first-order valence-electron chi connectivity index (χ1n) is 7.98. The van der Waals surface area contributed by atoms with E-state index in [1.54, 1.807) is 6.07 Å². The van der Waals surface area contributed by atoms with Gasteiger partial charge in [0.2, 0.25) is 0 Å². The summed E-state index contributed by atoms with van der Waals surface area (Å²) in [5.74, 6) is -0.335. The van der Waals surface area contributed by atoms with E-state index in [4.69, 9.17) is 16.3 Å². The standard InChI is InChI=1S/C19H14ClF2N3O2/c1-11(21)19-17(22)3-2-14(25-19)7-18(26)12-4-13(20)6-15(5-12)27-16-8-23-10-24-9-16/h2-6,8-11H,7H2,1H3. The topological polar surface area (TPSA) is 65.0 Å². The van der Waals surface area contributed by atoms with Crippen LogP contribution in [0.2, 0.25) is 5.02 Å². The third-order valence-electron chi connectivity index (χ3n) is 3.62. The number of pyridine rings is 1. The molecule has 1 atom stereocenters. The fraction of sp³-hybridized carbons (Fsp3) is 0.158. The third-order valence-corrected chi connectivity index (χ3v) is 3.83. The smallest absolute Gasteiger partial charge is 0.169 e. The van der Waals surface area contributed by atoms with Gasteiger partial charge in [0.05, 0.1) is 18.8 Å². The van der Waals surface area contributed by atoms with Crippen LogP contribution in [0, 0.1) is 5.82 Å². The summed E-state index contributed by atoms with van der Waals surface area (Å²) >= 11 is 6.07. The van der Waals surface area contributed by atoms with Crippen molar-refractivity contribution in [2.45, 2.75) is 19.5 Å². The zero-order chi connectivity index (χ0) is 19.4. The van der Waals surface area contributed by atoms with Crippen molar-refractivity contribution in [3.8, 4) is 11.5 Å². The fourth-order valence-electron chi connectivity index (χ4n) is 2.40. The van der Waals surface area contributed by atoms with Crippen molar-refractivity contribution >= 4 is 17.4 Å². The van der Waals surface area contributed by atoms with Gasteiger partial charge in [0, 0.05) is 16.3 Å². The van der Waals surface area contributed by atoms with Gasteiger partial charge >= 0.3 is 0 Å². The van der Waals surface area contributed by atoms with Gasteiger partial charge in [0.1, 0.15) is 29.8 Å². The number of ether oxygens (including phenoxy) is 1. The second kappa shape index (κ2) is 8.18. The second-order valence-electron chi connectivity index (χ2n) is 5.74. The normalized spacial score (nSPS) is 11.9. The molecule has 27 heavy (non-hydrogen) atoms. The maximum Gasteiger partial charge on any atom is 0.169 e. The summed E-state index contributed by atoms with van der Waals surface area (Å²) < 4.78 is 32.6. The molecule has 2 aromatic heterocycles. The highest BCUT2D eigenvalue weighted by atomic mass is 35.5. The summed E-state index contributed by atoms with van der Waals surface area (Å²) in [5, 5.41) is 0.304. The van der Waals surface area contributed by atoms with Crippen LogP contribution in [0.3, 0.4) is 0 Å². The molecule has 0 aliphatic rings. The number of halogens is 3. The SMILES string of the molecule is CC(F)c1nc(CC(=O)c2cc(Cl)cc(Oc3cncnc3)c2)ccc1F. The average Bonchev–Trinajstić information content (AvgIpc) is 2.63. The molecule has 3 rings (SSSR count). The Morgan fingerprint density at radius 2 is 1.93 bits per heavy atom. The average molecular weight is 390 g/mol. The molecule has 0 saturated heterocycles. The molecule has 5 nitrogen and oxygen atoms in total. The Hall–Kier alpha value is -2.93. The Balaban J connectivity index is 1.82. The molecule has 0 saturated carbocycles. The van der Waals surface area contributed by atoms with Crippen molar-refractivity contribution in [3.63, 3.8) is 0 Å². The number of carbonyl (C=O) groups excluding carboxylic acids is 1. The Kier molecular flexibility index (Phi) is 5.71. The predicted octanol–water partition coefficient (Wildman–Crippen LogP) is 4.91. The molecule has 0 aliphatic heterocycles. The van der Waals surface area contributed by atoms with E-state index in [0.29, 0.717) is 16.5 Å². The minimum Gasteiger partial charge on any atom is -0.454 e. The highest BCUT2D eigenvalue weighted by Gasteiger charge is 2.16. The van der Waals surface area contributed by atoms with E-state index < -0.39 is 12.0 Å². The molecule has 0 aliphatic carbocycles. The van der Waals surface area contributed by atoms with Crippen LogP contribution in [0.25, 0.3) is 0 Å². The number of hydrogen-bond donors (Lipinski definition) is 0. The first kappa shape index (κ1) is 18.8. The molecule has 0 bridgehead atoms. The monoisotopic (exact) mass is 389 g/mol. The van der Waals surface area contributed by atoms with Gasteiger partial charge in [-0.25, -0.2) is 18.7 Å². The quantitative estimate of drug-likeness (QED) is 0.560. The van der Waals surface area contributed by atoms with Gasteiger partial charge < -0.3 is 4.74 Å². The molecule has 3 aromatic rings. The number of carbonyl (C=O) groups is 1. The molecule has 0 amide bonds. The number of alkyl halides is 1. The number of aromatic nitrogens is 3. The molecule has 8 heteroatoms. The molecule has 2 heterocycles. The van der Waals surface area contributed by atoms with Gasteiger partial charge in [0.25, 0.3) is 0 Å². The summed E-state index contributed by atoms with van der Waals surface area (Å²) in [6.07, 6.45) is 2.60. The molecule has 1 unspecified atom stereocenters. The maximum atomic E-state index is 13.6. The van der Waals surface area contributed by atoms with E-state index in [1.165, 1.54) is 43.8 Å². The van der Waals surface area contributed by atoms with E-state index in [9.17, 15) is 13.6 Å². The Bertz CT molecular complexity index is 968. The number of ketones is 1. The Morgan fingerprint density at radius 1 is 1.19 bits per heavy atom. The van der Waals surface area contributed by atoms with Gasteiger partial charge in [0.15, 0.2) is 11.5 Å². The molecular formula is C19H14ClF2N3O2. The van der Waals surface area contributed by atoms with Crippen molar-refractivity contribution in [1.82, 2.24) is 15.0 Å². The molecule has 138 valence electrons. The van der Waals surface area contributed by atoms with Crippen LogP contribution in [-0.2, 0) is 6.42 Å². The highest BCUT2D eigenvalue weighted by Crippen LogP contribution is 2.26. The minimum atomic E-state index is -1.57. The number of Topliss-reactive ketones (excluding diaryl/α,β-unsaturated/α-hetero) is 1. The van der Waals surface area contributed by atoms with Gasteiger partial charge in [-0.3, -0.25) is 9.78 Å². The third kappa shape index (κ3) is 4.83. The van der Waals surface area contributed by atoms with E-state index in [2.05, 4.69) is 15.0 Å². The van der Waals surface area contributed by atoms with Crippen molar-refractivity contribution in [2.24, 2.45) is 0 Å². The lowest BCUT2D eigenvalue weighted by Crippen LogP contribution is -2.08. The van der Waals surface area contributed by atoms with E-state index in [0.717, 1.165) is 6.07 Å². The van der Waals surface area contributed by atoms with Crippen LogP contribution in [0.1, 0.15) is 34.8 Å².